The first kappa shape index (κ1) is 22.2. The van der Waals surface area contributed by atoms with Crippen LogP contribution in [0.25, 0.3) is 6.08 Å². The highest BCUT2D eigenvalue weighted by Gasteiger charge is 2.35. The van der Waals surface area contributed by atoms with E-state index in [1.54, 1.807) is 36.4 Å². The highest BCUT2D eigenvalue weighted by Crippen LogP contribution is 2.34. The second-order valence-corrected chi connectivity index (χ2v) is 7.22. The lowest BCUT2D eigenvalue weighted by Gasteiger charge is -2.14. The van der Waals surface area contributed by atoms with Crippen molar-refractivity contribution in [2.24, 2.45) is 0 Å². The number of benzene rings is 3. The Hall–Kier alpha value is -4.99. The molecule has 34 heavy (non-hydrogen) atoms. The summed E-state index contributed by atoms with van der Waals surface area (Å²) in [7, 11) is 0. The van der Waals surface area contributed by atoms with Crippen LogP contribution >= 0.6 is 0 Å². The van der Waals surface area contributed by atoms with Gasteiger partial charge in [0.1, 0.15) is 12.2 Å². The average Bonchev–Trinajstić information content (AvgIpc) is 3.12. The van der Waals surface area contributed by atoms with E-state index in [1.807, 2.05) is 0 Å². The first-order valence-corrected chi connectivity index (χ1v) is 10.00. The molecule has 1 aliphatic heterocycles. The van der Waals surface area contributed by atoms with Crippen LogP contribution in [-0.4, -0.2) is 27.8 Å². The van der Waals surface area contributed by atoms with E-state index in [0.717, 1.165) is 5.01 Å². The summed E-state index contributed by atoms with van der Waals surface area (Å²) in [4.78, 5) is 47.5. The third kappa shape index (κ3) is 4.46. The Bertz CT molecular complexity index is 1340. The maximum Gasteiger partial charge on any atom is 0.335 e. The Balaban J connectivity index is 1.68. The largest absolute Gasteiger partial charge is 0.482 e. The SMILES string of the molecule is O=C1NN(c2ccccc2)C(=O)/C1=C\c1cccc([N+](=O)[O-])c1OCc1cccc(C(=O)O)c1. The highest BCUT2D eigenvalue weighted by molar-refractivity contribution is 6.31. The van der Waals surface area contributed by atoms with Gasteiger partial charge in [-0.2, -0.15) is 0 Å². The molecule has 2 amide bonds. The molecule has 0 radical (unpaired) electrons. The fourth-order valence-electron chi connectivity index (χ4n) is 3.38. The summed E-state index contributed by atoms with van der Waals surface area (Å²) in [5.41, 5.74) is 3.00. The van der Waals surface area contributed by atoms with Gasteiger partial charge < -0.3 is 9.84 Å². The van der Waals surface area contributed by atoms with Crippen molar-refractivity contribution in [2.75, 3.05) is 5.01 Å². The van der Waals surface area contributed by atoms with E-state index in [9.17, 15) is 24.5 Å². The fraction of sp³-hybridized carbons (Fsp3) is 0.0417. The number of anilines is 1. The van der Waals surface area contributed by atoms with Gasteiger partial charge in [-0.05, 0) is 35.9 Å². The first-order chi connectivity index (χ1) is 16.3. The number of nitrogens with one attached hydrogen (secondary N) is 1. The molecule has 2 N–H and O–H groups in total. The molecule has 1 aliphatic rings. The van der Waals surface area contributed by atoms with Gasteiger partial charge in [-0.3, -0.25) is 25.1 Å². The summed E-state index contributed by atoms with van der Waals surface area (Å²) in [5, 5.41) is 21.8. The summed E-state index contributed by atoms with van der Waals surface area (Å²) in [6.45, 7) is -0.168. The molecule has 1 heterocycles. The standard InChI is InChI=1S/C24H17N3O7/c28-22-19(23(29)26(25-22)18-9-2-1-3-10-18)13-16-7-5-11-20(27(32)33)21(16)34-14-15-6-4-8-17(12-15)24(30)31/h1-13H,14H2,(H,25,28)(H,30,31)/b19-13-. The van der Waals surface area contributed by atoms with Gasteiger partial charge in [0, 0.05) is 11.6 Å². The minimum absolute atomic E-state index is 0.0419. The van der Waals surface area contributed by atoms with E-state index in [1.165, 1.54) is 42.5 Å². The van der Waals surface area contributed by atoms with Gasteiger partial charge in [0.15, 0.2) is 0 Å². The number of carbonyl (C=O) groups is 3. The topological polar surface area (TPSA) is 139 Å². The molecule has 0 aliphatic carbocycles. The monoisotopic (exact) mass is 459 g/mol. The first-order valence-electron chi connectivity index (χ1n) is 10.00. The summed E-state index contributed by atoms with van der Waals surface area (Å²) in [5.74, 6) is -2.56. The molecule has 3 aromatic rings. The number of nitro groups is 1. The Labute approximate surface area is 192 Å². The van der Waals surface area contributed by atoms with Gasteiger partial charge >= 0.3 is 11.7 Å². The Morgan fingerprint density at radius 3 is 2.50 bits per heavy atom. The molecule has 4 rings (SSSR count). The zero-order chi connectivity index (χ0) is 24.2. The molecule has 0 bridgehead atoms. The number of carbonyl (C=O) groups excluding carboxylic acids is 2. The number of para-hydroxylation sites is 2. The number of amides is 2. The number of nitrogens with zero attached hydrogens (tertiary/aromatic N) is 2. The third-order valence-electron chi connectivity index (χ3n) is 4.98. The number of hydrazine groups is 1. The predicted octanol–water partition coefficient (Wildman–Crippen LogP) is 3.33. The predicted molar refractivity (Wildman–Crippen MR) is 121 cm³/mol. The van der Waals surface area contributed by atoms with Crippen molar-refractivity contribution in [3.8, 4) is 5.75 Å². The summed E-state index contributed by atoms with van der Waals surface area (Å²) in [6.07, 6.45) is 1.23. The molecule has 1 fully saturated rings. The van der Waals surface area contributed by atoms with Crippen LogP contribution < -0.4 is 15.2 Å². The van der Waals surface area contributed by atoms with Crippen LogP contribution in [0.2, 0.25) is 0 Å². The number of carboxylic acid groups (broad SMARTS) is 1. The van der Waals surface area contributed by atoms with Crippen LogP contribution in [0.4, 0.5) is 11.4 Å². The van der Waals surface area contributed by atoms with Crippen LogP contribution in [0, 0.1) is 10.1 Å². The van der Waals surface area contributed by atoms with Gasteiger partial charge in [-0.15, -0.1) is 0 Å². The van der Waals surface area contributed by atoms with Crippen LogP contribution in [0.1, 0.15) is 21.5 Å². The van der Waals surface area contributed by atoms with Crippen molar-refractivity contribution in [3.63, 3.8) is 0 Å². The molecule has 0 spiro atoms. The van der Waals surface area contributed by atoms with Crippen LogP contribution in [0.5, 0.6) is 5.75 Å². The lowest BCUT2D eigenvalue weighted by atomic mass is 10.1. The minimum Gasteiger partial charge on any atom is -0.482 e. The van der Waals surface area contributed by atoms with Crippen molar-refractivity contribution >= 4 is 35.2 Å². The van der Waals surface area contributed by atoms with Crippen molar-refractivity contribution < 1.29 is 29.2 Å². The molecule has 10 heteroatoms. The lowest BCUT2D eigenvalue weighted by Crippen LogP contribution is -2.35. The van der Waals surface area contributed by atoms with Gasteiger partial charge in [0.25, 0.3) is 11.8 Å². The molecular formula is C24H17N3O7. The highest BCUT2D eigenvalue weighted by atomic mass is 16.6. The van der Waals surface area contributed by atoms with Crippen LogP contribution in [0.3, 0.4) is 0 Å². The maximum absolute atomic E-state index is 12.9. The quantitative estimate of drug-likeness (QED) is 0.239. The number of hydrogen-bond acceptors (Lipinski definition) is 6. The fourth-order valence-corrected chi connectivity index (χ4v) is 3.38. The minimum atomic E-state index is -1.12. The number of hydrogen-bond donors (Lipinski definition) is 2. The van der Waals surface area contributed by atoms with E-state index < -0.39 is 22.7 Å². The molecule has 0 atom stereocenters. The molecule has 0 aromatic heterocycles. The van der Waals surface area contributed by atoms with Crippen molar-refractivity contribution in [2.45, 2.75) is 6.61 Å². The smallest absolute Gasteiger partial charge is 0.335 e. The van der Waals surface area contributed by atoms with E-state index in [-0.39, 0.29) is 34.7 Å². The van der Waals surface area contributed by atoms with E-state index in [2.05, 4.69) is 5.43 Å². The van der Waals surface area contributed by atoms with Crippen molar-refractivity contribution in [1.82, 2.24) is 5.43 Å². The Kier molecular flexibility index (Phi) is 6.04. The van der Waals surface area contributed by atoms with Gasteiger partial charge in [-0.1, -0.05) is 42.5 Å². The number of rotatable bonds is 7. The zero-order valence-electron chi connectivity index (χ0n) is 17.5. The molecule has 0 unspecified atom stereocenters. The molecule has 0 saturated carbocycles. The summed E-state index contributed by atoms with van der Waals surface area (Å²) in [6, 6.07) is 18.6. The van der Waals surface area contributed by atoms with Gasteiger partial charge in [0.2, 0.25) is 5.75 Å². The molecule has 1 saturated heterocycles. The Morgan fingerprint density at radius 2 is 1.79 bits per heavy atom. The second-order valence-electron chi connectivity index (χ2n) is 7.22. The second kappa shape index (κ2) is 9.25. The summed E-state index contributed by atoms with van der Waals surface area (Å²) >= 11 is 0. The van der Waals surface area contributed by atoms with Gasteiger partial charge in [-0.25, -0.2) is 9.80 Å². The molecule has 3 aromatic carbocycles. The Morgan fingerprint density at radius 1 is 1.06 bits per heavy atom. The number of nitro benzene ring substituents is 1. The lowest BCUT2D eigenvalue weighted by molar-refractivity contribution is -0.386. The normalized spacial score (nSPS) is 14.2. The van der Waals surface area contributed by atoms with Crippen molar-refractivity contribution in [1.29, 1.82) is 0 Å². The van der Waals surface area contributed by atoms with E-state index >= 15 is 0 Å². The molecular weight excluding hydrogens is 442 g/mol. The zero-order valence-corrected chi connectivity index (χ0v) is 17.5. The number of ether oxygens (including phenoxy) is 1. The van der Waals surface area contributed by atoms with Crippen LogP contribution in [-0.2, 0) is 16.2 Å². The third-order valence-corrected chi connectivity index (χ3v) is 4.98. The van der Waals surface area contributed by atoms with Crippen molar-refractivity contribution in [3.05, 3.63) is 105 Å². The summed E-state index contributed by atoms with van der Waals surface area (Å²) < 4.78 is 5.71. The molecule has 170 valence electrons. The molecule has 10 nitrogen and oxygen atoms in total. The van der Waals surface area contributed by atoms with E-state index in [4.69, 9.17) is 9.84 Å². The van der Waals surface area contributed by atoms with Crippen LogP contribution in [0.15, 0.2) is 78.4 Å². The number of aromatic carboxylic acids is 1. The number of carboxylic acids is 1. The van der Waals surface area contributed by atoms with E-state index in [0.29, 0.717) is 11.3 Å². The maximum atomic E-state index is 12.9. The van der Waals surface area contributed by atoms with Gasteiger partial charge in [0.05, 0.1) is 16.2 Å². The average molecular weight is 459 g/mol.